The number of anilines is 1. The van der Waals surface area contributed by atoms with Gasteiger partial charge in [0.1, 0.15) is 6.33 Å². The average Bonchev–Trinajstić information content (AvgIpc) is 3.05. The zero-order valence-electron chi connectivity index (χ0n) is 12.7. The number of carbonyl (C=O) groups is 1. The SMILES string of the molecule is CC(NC(=O)Nc1cccc(Cl)c1)c1ncnn1-c1ncccn1. The van der Waals surface area contributed by atoms with Crippen molar-refractivity contribution in [2.24, 2.45) is 0 Å². The fourth-order valence-electron chi connectivity index (χ4n) is 2.09. The van der Waals surface area contributed by atoms with Gasteiger partial charge in [-0.3, -0.25) is 0 Å². The maximum absolute atomic E-state index is 12.1. The quantitative estimate of drug-likeness (QED) is 0.758. The van der Waals surface area contributed by atoms with Gasteiger partial charge in [0.25, 0.3) is 5.95 Å². The Morgan fingerprint density at radius 2 is 2.00 bits per heavy atom. The molecule has 2 amide bonds. The molecule has 3 rings (SSSR count). The topological polar surface area (TPSA) is 97.6 Å². The van der Waals surface area contributed by atoms with E-state index in [-0.39, 0.29) is 6.03 Å². The van der Waals surface area contributed by atoms with Crippen LogP contribution in [0.2, 0.25) is 5.02 Å². The summed E-state index contributed by atoms with van der Waals surface area (Å²) < 4.78 is 1.48. The van der Waals surface area contributed by atoms with Crippen LogP contribution in [0, 0.1) is 0 Å². The predicted molar refractivity (Wildman–Crippen MR) is 89.0 cm³/mol. The van der Waals surface area contributed by atoms with Gasteiger partial charge in [-0.2, -0.15) is 9.78 Å². The predicted octanol–water partition coefficient (Wildman–Crippen LogP) is 2.59. The highest BCUT2D eigenvalue weighted by Crippen LogP contribution is 2.16. The van der Waals surface area contributed by atoms with E-state index >= 15 is 0 Å². The number of carbonyl (C=O) groups excluding carboxylic acids is 1. The summed E-state index contributed by atoms with van der Waals surface area (Å²) in [5, 5.41) is 10.1. The van der Waals surface area contributed by atoms with Gasteiger partial charge in [-0.05, 0) is 31.2 Å². The second-order valence-corrected chi connectivity index (χ2v) is 5.35. The van der Waals surface area contributed by atoms with Crippen molar-refractivity contribution >= 4 is 23.3 Å². The number of benzene rings is 1. The Hall–Kier alpha value is -3.00. The van der Waals surface area contributed by atoms with Crippen LogP contribution in [-0.4, -0.2) is 30.8 Å². The summed E-state index contributed by atoms with van der Waals surface area (Å²) in [4.78, 5) is 24.6. The fourth-order valence-corrected chi connectivity index (χ4v) is 2.29. The molecule has 2 N–H and O–H groups in total. The molecule has 1 aromatic carbocycles. The third-order valence-corrected chi connectivity index (χ3v) is 3.37. The van der Waals surface area contributed by atoms with Crippen LogP contribution < -0.4 is 10.6 Å². The van der Waals surface area contributed by atoms with Crippen molar-refractivity contribution in [3.8, 4) is 5.95 Å². The van der Waals surface area contributed by atoms with Crippen LogP contribution in [0.1, 0.15) is 18.8 Å². The summed E-state index contributed by atoms with van der Waals surface area (Å²) in [6.45, 7) is 1.79. The summed E-state index contributed by atoms with van der Waals surface area (Å²) in [6, 6.07) is 7.81. The third-order valence-electron chi connectivity index (χ3n) is 3.13. The molecule has 0 saturated heterocycles. The number of hydrogen-bond donors (Lipinski definition) is 2. The number of rotatable bonds is 4. The van der Waals surface area contributed by atoms with E-state index in [0.717, 1.165) is 0 Å². The van der Waals surface area contributed by atoms with Crippen LogP contribution in [0.3, 0.4) is 0 Å². The molecule has 3 aromatic rings. The standard InChI is InChI=1S/C15H14ClN7O/c1-10(21-15(24)22-12-5-2-4-11(16)8-12)13-19-9-20-23(13)14-17-6-3-7-18-14/h2-10H,1H3,(H2,21,22,24). The maximum atomic E-state index is 12.1. The monoisotopic (exact) mass is 343 g/mol. The molecule has 1 unspecified atom stereocenters. The summed E-state index contributed by atoms with van der Waals surface area (Å²) in [6.07, 6.45) is 4.61. The Balaban J connectivity index is 1.70. The molecule has 0 fully saturated rings. The van der Waals surface area contributed by atoms with Crippen molar-refractivity contribution in [3.05, 3.63) is 59.9 Å². The minimum atomic E-state index is -0.407. The van der Waals surface area contributed by atoms with Gasteiger partial charge in [0.2, 0.25) is 0 Å². The third kappa shape index (κ3) is 3.66. The van der Waals surface area contributed by atoms with E-state index in [9.17, 15) is 4.79 Å². The van der Waals surface area contributed by atoms with Gasteiger partial charge in [0.15, 0.2) is 5.82 Å². The lowest BCUT2D eigenvalue weighted by atomic mass is 10.3. The van der Waals surface area contributed by atoms with Gasteiger partial charge < -0.3 is 10.6 Å². The van der Waals surface area contributed by atoms with Crippen LogP contribution in [0.25, 0.3) is 5.95 Å². The van der Waals surface area contributed by atoms with Gasteiger partial charge in [0, 0.05) is 23.1 Å². The van der Waals surface area contributed by atoms with Crippen LogP contribution in [0.5, 0.6) is 0 Å². The van der Waals surface area contributed by atoms with E-state index in [0.29, 0.717) is 22.5 Å². The molecule has 2 aromatic heterocycles. The van der Waals surface area contributed by atoms with E-state index in [1.807, 2.05) is 0 Å². The lowest BCUT2D eigenvalue weighted by Crippen LogP contribution is -2.32. The zero-order chi connectivity index (χ0) is 16.9. The van der Waals surface area contributed by atoms with Gasteiger partial charge in [-0.25, -0.2) is 19.7 Å². The molecule has 24 heavy (non-hydrogen) atoms. The number of nitrogens with one attached hydrogen (secondary N) is 2. The summed E-state index contributed by atoms with van der Waals surface area (Å²) in [5.41, 5.74) is 0.597. The summed E-state index contributed by atoms with van der Waals surface area (Å²) >= 11 is 5.90. The molecule has 1 atom stereocenters. The van der Waals surface area contributed by atoms with Crippen molar-refractivity contribution in [1.82, 2.24) is 30.0 Å². The van der Waals surface area contributed by atoms with Crippen LogP contribution in [0.15, 0.2) is 49.1 Å². The first-order chi connectivity index (χ1) is 11.6. The highest BCUT2D eigenvalue weighted by molar-refractivity contribution is 6.30. The molecule has 0 saturated carbocycles. The fraction of sp³-hybridized carbons (Fsp3) is 0.133. The summed E-state index contributed by atoms with van der Waals surface area (Å²) in [7, 11) is 0. The first-order valence-electron chi connectivity index (χ1n) is 7.14. The number of halogens is 1. The molecular formula is C15H14ClN7O. The van der Waals surface area contributed by atoms with Crippen molar-refractivity contribution in [2.45, 2.75) is 13.0 Å². The summed E-state index contributed by atoms with van der Waals surface area (Å²) in [5.74, 6) is 0.899. The van der Waals surface area contributed by atoms with Gasteiger partial charge in [-0.1, -0.05) is 17.7 Å². The van der Waals surface area contributed by atoms with E-state index in [4.69, 9.17) is 11.6 Å². The largest absolute Gasteiger partial charge is 0.328 e. The second-order valence-electron chi connectivity index (χ2n) is 4.91. The maximum Gasteiger partial charge on any atom is 0.319 e. The van der Waals surface area contributed by atoms with Crippen molar-refractivity contribution in [1.29, 1.82) is 0 Å². The Labute approximate surface area is 142 Å². The number of amides is 2. The number of hydrogen-bond acceptors (Lipinski definition) is 5. The molecule has 0 spiro atoms. The number of aromatic nitrogens is 5. The second kappa shape index (κ2) is 7.05. The first kappa shape index (κ1) is 15.9. The lowest BCUT2D eigenvalue weighted by Gasteiger charge is -2.14. The average molecular weight is 344 g/mol. The molecule has 122 valence electrons. The Bertz CT molecular complexity index is 837. The van der Waals surface area contributed by atoms with Crippen LogP contribution in [0.4, 0.5) is 10.5 Å². The lowest BCUT2D eigenvalue weighted by molar-refractivity contribution is 0.248. The van der Waals surface area contributed by atoms with Crippen molar-refractivity contribution < 1.29 is 4.79 Å². The van der Waals surface area contributed by atoms with Crippen molar-refractivity contribution in [3.63, 3.8) is 0 Å². The zero-order valence-corrected chi connectivity index (χ0v) is 13.5. The Kier molecular flexibility index (Phi) is 4.66. The highest BCUT2D eigenvalue weighted by atomic mass is 35.5. The minimum Gasteiger partial charge on any atom is -0.328 e. The van der Waals surface area contributed by atoms with Gasteiger partial charge in [-0.15, -0.1) is 0 Å². The van der Waals surface area contributed by atoms with E-state index in [2.05, 4.69) is 30.7 Å². The van der Waals surface area contributed by atoms with Crippen LogP contribution in [-0.2, 0) is 0 Å². The molecule has 8 nitrogen and oxygen atoms in total. The van der Waals surface area contributed by atoms with E-state index in [1.165, 1.54) is 11.0 Å². The van der Waals surface area contributed by atoms with E-state index in [1.54, 1.807) is 49.6 Å². The molecule has 0 aliphatic rings. The minimum absolute atomic E-state index is 0.381. The van der Waals surface area contributed by atoms with Crippen molar-refractivity contribution in [2.75, 3.05) is 5.32 Å². The molecule has 9 heteroatoms. The first-order valence-corrected chi connectivity index (χ1v) is 7.51. The smallest absolute Gasteiger partial charge is 0.319 e. The molecule has 0 bridgehead atoms. The Morgan fingerprint density at radius 3 is 2.75 bits per heavy atom. The molecule has 0 radical (unpaired) electrons. The molecular weight excluding hydrogens is 330 g/mol. The van der Waals surface area contributed by atoms with E-state index < -0.39 is 6.04 Å². The van der Waals surface area contributed by atoms with Gasteiger partial charge in [0.05, 0.1) is 6.04 Å². The number of urea groups is 1. The molecule has 0 aliphatic heterocycles. The molecule has 0 aliphatic carbocycles. The highest BCUT2D eigenvalue weighted by Gasteiger charge is 2.17. The van der Waals surface area contributed by atoms with Gasteiger partial charge >= 0.3 is 6.03 Å². The van der Waals surface area contributed by atoms with Crippen LogP contribution >= 0.6 is 11.6 Å². The molecule has 2 heterocycles. The normalized spacial score (nSPS) is 11.8. The Morgan fingerprint density at radius 1 is 1.21 bits per heavy atom. The number of nitrogens with zero attached hydrogens (tertiary/aromatic N) is 5.